The summed E-state index contributed by atoms with van der Waals surface area (Å²) in [7, 11) is 2.23. The topological polar surface area (TPSA) is 18.5 Å². The highest BCUT2D eigenvalue weighted by molar-refractivity contribution is 4.78. The van der Waals surface area contributed by atoms with Crippen LogP contribution in [0.3, 0.4) is 0 Å². The van der Waals surface area contributed by atoms with Crippen LogP contribution >= 0.6 is 0 Å². The number of piperazine rings is 1. The molecular weight excluding hydrogens is 162 g/mol. The first-order valence-electron chi connectivity index (χ1n) is 5.90. The third-order valence-electron chi connectivity index (χ3n) is 3.24. The van der Waals surface area contributed by atoms with Gasteiger partial charge >= 0.3 is 0 Å². The largest absolute Gasteiger partial charge is 0.314 e. The van der Waals surface area contributed by atoms with Crippen LogP contribution < -0.4 is 5.31 Å². The number of hydrogen-bond acceptors (Lipinski definition) is 3. The van der Waals surface area contributed by atoms with Crippen molar-refractivity contribution in [3.63, 3.8) is 0 Å². The van der Waals surface area contributed by atoms with Gasteiger partial charge in [0.05, 0.1) is 6.17 Å². The van der Waals surface area contributed by atoms with E-state index in [0.717, 1.165) is 26.2 Å². The first kappa shape index (κ1) is 8.21. The van der Waals surface area contributed by atoms with Gasteiger partial charge in [-0.3, -0.25) is 9.80 Å². The number of piperidine rings is 1. The lowest BCUT2D eigenvalue weighted by Crippen LogP contribution is -2.55. The van der Waals surface area contributed by atoms with E-state index in [0.29, 0.717) is 6.17 Å². The Morgan fingerprint density at radius 3 is 2.69 bits per heavy atom. The van der Waals surface area contributed by atoms with Gasteiger partial charge in [-0.2, -0.15) is 0 Å². The van der Waals surface area contributed by atoms with Crippen LogP contribution in [0.2, 0.25) is 1.41 Å². The van der Waals surface area contributed by atoms with Gasteiger partial charge in [0.25, 0.3) is 0 Å². The molecule has 0 radical (unpaired) electrons. The molecule has 13 heavy (non-hydrogen) atoms. The molecule has 1 N–H and O–H groups in total. The summed E-state index contributed by atoms with van der Waals surface area (Å²) in [4.78, 5) is 5.02. The monoisotopic (exact) mass is 184 g/mol. The molecule has 2 fully saturated rings. The minimum Gasteiger partial charge on any atom is -0.314 e. The Morgan fingerprint density at radius 1 is 1.23 bits per heavy atom. The Balaban J connectivity index is 1.87. The van der Waals surface area contributed by atoms with Crippen molar-refractivity contribution >= 4 is 0 Å². The maximum atomic E-state index is 7.52. The minimum absolute atomic E-state index is 0.650. The molecule has 3 nitrogen and oxygen atoms in total. The Hall–Kier alpha value is -0.120. The van der Waals surface area contributed by atoms with Crippen LogP contribution in [0, 0.1) is 0 Å². The third-order valence-corrected chi connectivity index (χ3v) is 3.24. The molecule has 2 aliphatic rings. The second-order valence-corrected chi connectivity index (χ2v) is 4.16. The highest BCUT2D eigenvalue weighted by atomic mass is 15.4. The molecular formula is C10H21N3. The zero-order valence-electron chi connectivity index (χ0n) is 9.58. The fraction of sp³-hybridized carbons (Fsp3) is 1.00. The second-order valence-electron chi connectivity index (χ2n) is 4.16. The van der Waals surface area contributed by atoms with Crippen LogP contribution in [-0.4, -0.2) is 55.7 Å². The van der Waals surface area contributed by atoms with E-state index in [1.165, 1.54) is 25.8 Å². The standard InChI is InChI=1S/C10H21N3/c1-12-7-3-2-4-10(12)13-8-5-11-6-9-13/h10-11H,2-9H2,1H3/i/hD. The van der Waals surface area contributed by atoms with Crippen LogP contribution in [0.25, 0.3) is 0 Å². The lowest BCUT2D eigenvalue weighted by molar-refractivity contribution is 0.0242. The number of rotatable bonds is 1. The Morgan fingerprint density at radius 2 is 2.00 bits per heavy atom. The average molecular weight is 184 g/mol. The molecule has 0 amide bonds. The molecule has 76 valence electrons. The summed E-state index contributed by atoms with van der Waals surface area (Å²) in [5.74, 6) is 0. The predicted molar refractivity (Wildman–Crippen MR) is 54.7 cm³/mol. The number of hydrogen-bond donors (Lipinski definition) is 1. The fourth-order valence-corrected chi connectivity index (χ4v) is 2.44. The molecule has 0 aromatic carbocycles. The van der Waals surface area contributed by atoms with Crippen molar-refractivity contribution in [2.24, 2.45) is 0 Å². The van der Waals surface area contributed by atoms with Gasteiger partial charge in [-0.05, 0) is 32.9 Å². The zero-order chi connectivity index (χ0) is 9.97. The molecule has 0 bridgehead atoms. The van der Waals surface area contributed by atoms with E-state index in [1.54, 1.807) is 5.31 Å². The first-order valence-corrected chi connectivity index (χ1v) is 5.45. The number of nitrogens with zero attached hydrogens (tertiary/aromatic N) is 2. The van der Waals surface area contributed by atoms with Crippen LogP contribution in [0.4, 0.5) is 0 Å². The van der Waals surface area contributed by atoms with Gasteiger partial charge in [-0.1, -0.05) is 0 Å². The molecule has 0 aromatic rings. The van der Waals surface area contributed by atoms with Gasteiger partial charge in [-0.15, -0.1) is 0 Å². The highest BCUT2D eigenvalue weighted by Gasteiger charge is 2.25. The van der Waals surface area contributed by atoms with E-state index >= 15 is 0 Å². The van der Waals surface area contributed by atoms with Crippen LogP contribution in [0.5, 0.6) is 0 Å². The Labute approximate surface area is 82.5 Å². The number of likely N-dealkylation sites (tertiary alicyclic amines) is 1. The van der Waals surface area contributed by atoms with Crippen molar-refractivity contribution in [2.45, 2.75) is 25.4 Å². The maximum absolute atomic E-state index is 7.52. The molecule has 0 aromatic heterocycles. The number of nitrogens with one attached hydrogen (secondary N) is 1. The van der Waals surface area contributed by atoms with Crippen molar-refractivity contribution in [2.75, 3.05) is 39.8 Å². The zero-order valence-corrected chi connectivity index (χ0v) is 8.58. The lowest BCUT2D eigenvalue weighted by Gasteiger charge is -2.42. The van der Waals surface area contributed by atoms with Gasteiger partial charge in [0.1, 0.15) is 1.41 Å². The first-order chi connectivity index (χ1) is 6.77. The van der Waals surface area contributed by atoms with E-state index in [-0.39, 0.29) is 0 Å². The highest BCUT2D eigenvalue weighted by Crippen LogP contribution is 2.18. The van der Waals surface area contributed by atoms with E-state index in [4.69, 9.17) is 1.41 Å². The molecule has 0 aliphatic carbocycles. The predicted octanol–water partition coefficient (Wildman–Crippen LogP) is 0.333. The average Bonchev–Trinajstić information content (AvgIpc) is 2.20. The molecule has 0 spiro atoms. The Bertz CT molecular complexity index is 180. The van der Waals surface area contributed by atoms with E-state index < -0.39 is 0 Å². The quantitative estimate of drug-likeness (QED) is 0.634. The van der Waals surface area contributed by atoms with Gasteiger partial charge in [-0.25, -0.2) is 0 Å². The summed E-state index contributed by atoms with van der Waals surface area (Å²) in [5.41, 5.74) is 0. The van der Waals surface area contributed by atoms with Crippen molar-refractivity contribution in [1.29, 1.82) is 0 Å². The van der Waals surface area contributed by atoms with E-state index in [2.05, 4.69) is 16.8 Å². The molecule has 2 rings (SSSR count). The lowest BCUT2D eigenvalue weighted by atomic mass is 10.1. The van der Waals surface area contributed by atoms with Gasteiger partial charge in [0, 0.05) is 26.2 Å². The SMILES string of the molecule is [2H]N1CCN(C2CCCCN2C)CC1. The second kappa shape index (κ2) is 4.40. The van der Waals surface area contributed by atoms with E-state index in [1.807, 2.05) is 0 Å². The summed E-state index contributed by atoms with van der Waals surface area (Å²) in [5, 5.41) is 1.68. The van der Waals surface area contributed by atoms with Crippen molar-refractivity contribution in [1.82, 2.24) is 15.1 Å². The molecule has 3 heteroatoms. The van der Waals surface area contributed by atoms with Crippen LogP contribution in [-0.2, 0) is 0 Å². The smallest absolute Gasteiger partial charge is 0.122 e. The van der Waals surface area contributed by atoms with Crippen molar-refractivity contribution < 1.29 is 1.41 Å². The normalized spacial score (nSPS) is 36.1. The molecule has 1 unspecified atom stereocenters. The molecule has 2 heterocycles. The van der Waals surface area contributed by atoms with Gasteiger partial charge < -0.3 is 5.31 Å². The summed E-state index contributed by atoms with van der Waals surface area (Å²) in [6, 6.07) is 0. The third kappa shape index (κ3) is 2.22. The molecule has 2 aliphatic heterocycles. The summed E-state index contributed by atoms with van der Waals surface area (Å²) in [6.45, 7) is 5.19. The van der Waals surface area contributed by atoms with Gasteiger partial charge in [0.15, 0.2) is 0 Å². The molecule has 0 saturated carbocycles. The molecule has 2 saturated heterocycles. The van der Waals surface area contributed by atoms with E-state index in [9.17, 15) is 0 Å². The van der Waals surface area contributed by atoms with Gasteiger partial charge in [0.2, 0.25) is 0 Å². The molecule has 1 atom stereocenters. The Kier molecular flexibility index (Phi) is 2.78. The van der Waals surface area contributed by atoms with Crippen LogP contribution in [0.1, 0.15) is 19.3 Å². The van der Waals surface area contributed by atoms with Crippen LogP contribution in [0.15, 0.2) is 0 Å². The van der Waals surface area contributed by atoms with Crippen molar-refractivity contribution in [3.8, 4) is 0 Å². The minimum atomic E-state index is 0.650. The maximum Gasteiger partial charge on any atom is 0.122 e. The fourth-order valence-electron chi connectivity index (χ4n) is 2.44. The summed E-state index contributed by atoms with van der Waals surface area (Å²) >= 11 is 0. The summed E-state index contributed by atoms with van der Waals surface area (Å²) in [6.07, 6.45) is 4.69. The summed E-state index contributed by atoms with van der Waals surface area (Å²) < 4.78 is 7.52. The van der Waals surface area contributed by atoms with Crippen molar-refractivity contribution in [3.05, 3.63) is 0 Å².